The van der Waals surface area contributed by atoms with Gasteiger partial charge in [0, 0.05) is 13.1 Å². The molecule has 0 amide bonds. The number of likely N-dealkylation sites (tertiary alicyclic amines) is 1. The second-order valence-electron chi connectivity index (χ2n) is 9.29. The summed E-state index contributed by atoms with van der Waals surface area (Å²) < 4.78 is 24.8. The van der Waals surface area contributed by atoms with Gasteiger partial charge in [0.1, 0.15) is 18.3 Å². The van der Waals surface area contributed by atoms with E-state index in [2.05, 4.69) is 4.90 Å². The fraction of sp³-hybridized carbons (Fsp3) is 0.520. The molecule has 7 atom stereocenters. The van der Waals surface area contributed by atoms with E-state index in [1.807, 2.05) is 74.5 Å². The number of fused-ring (bicyclic) bond motifs is 1. The molecule has 2 aromatic rings. The molecule has 7 heteroatoms. The average molecular weight is 442 g/mol. The van der Waals surface area contributed by atoms with E-state index in [-0.39, 0.29) is 0 Å². The predicted octanol–water partition coefficient (Wildman–Crippen LogP) is 2.05. The molecule has 5 rings (SSSR count). The molecule has 7 nitrogen and oxygen atoms in total. The Morgan fingerprint density at radius 1 is 0.938 bits per heavy atom. The molecule has 2 aromatic carbocycles. The molecule has 0 aliphatic carbocycles. The number of hydrogen-bond donors (Lipinski definition) is 2. The van der Waals surface area contributed by atoms with E-state index in [0.717, 1.165) is 11.1 Å². The molecular weight excluding hydrogens is 410 g/mol. The molecule has 3 fully saturated rings. The molecule has 0 radical (unpaired) electrons. The third-order valence-corrected chi connectivity index (χ3v) is 6.46. The van der Waals surface area contributed by atoms with E-state index in [9.17, 15) is 10.2 Å². The van der Waals surface area contributed by atoms with E-state index in [4.69, 9.17) is 18.9 Å². The van der Waals surface area contributed by atoms with Gasteiger partial charge in [0.2, 0.25) is 0 Å². The Kier molecular flexibility index (Phi) is 6.07. The molecule has 0 unspecified atom stereocenters. The van der Waals surface area contributed by atoms with Gasteiger partial charge in [-0.25, -0.2) is 0 Å². The largest absolute Gasteiger partial charge is 0.389 e. The Morgan fingerprint density at radius 2 is 1.59 bits per heavy atom. The Balaban J connectivity index is 1.39. The monoisotopic (exact) mass is 441 g/mol. The minimum atomic E-state index is -0.960. The van der Waals surface area contributed by atoms with Crippen LogP contribution in [-0.2, 0) is 32.1 Å². The number of rotatable bonds is 6. The molecule has 0 aromatic heterocycles. The number of hydrogen-bond acceptors (Lipinski definition) is 7. The first kappa shape index (κ1) is 22.0. The van der Waals surface area contributed by atoms with Crippen LogP contribution in [0.4, 0.5) is 0 Å². The van der Waals surface area contributed by atoms with Crippen molar-refractivity contribution in [3.8, 4) is 0 Å². The van der Waals surface area contributed by atoms with Crippen molar-refractivity contribution in [3.05, 3.63) is 71.8 Å². The van der Waals surface area contributed by atoms with Gasteiger partial charge in [0.15, 0.2) is 12.1 Å². The van der Waals surface area contributed by atoms with Gasteiger partial charge < -0.3 is 29.2 Å². The van der Waals surface area contributed by atoms with E-state index >= 15 is 0 Å². The molecule has 3 aliphatic rings. The first-order chi connectivity index (χ1) is 15.4. The number of β-amino-alcohol motifs (C(OH)–C–C–N with tert-alkyl or cyclic N) is 1. The van der Waals surface area contributed by atoms with E-state index in [1.54, 1.807) is 0 Å². The summed E-state index contributed by atoms with van der Waals surface area (Å²) in [5.41, 5.74) is 2.15. The molecule has 0 spiro atoms. The van der Waals surface area contributed by atoms with Crippen LogP contribution >= 0.6 is 0 Å². The van der Waals surface area contributed by atoms with Crippen LogP contribution < -0.4 is 0 Å². The van der Waals surface area contributed by atoms with Gasteiger partial charge in [0.25, 0.3) is 0 Å². The zero-order chi connectivity index (χ0) is 22.3. The predicted molar refractivity (Wildman–Crippen MR) is 116 cm³/mol. The molecule has 32 heavy (non-hydrogen) atoms. The van der Waals surface area contributed by atoms with Gasteiger partial charge in [0.05, 0.1) is 24.9 Å². The summed E-state index contributed by atoms with van der Waals surface area (Å²) in [4.78, 5) is 2.07. The van der Waals surface area contributed by atoms with Crippen molar-refractivity contribution in [1.29, 1.82) is 0 Å². The highest BCUT2D eigenvalue weighted by Crippen LogP contribution is 2.42. The van der Waals surface area contributed by atoms with Crippen LogP contribution in [0.15, 0.2) is 60.7 Å². The van der Waals surface area contributed by atoms with Crippen molar-refractivity contribution >= 4 is 0 Å². The fourth-order valence-electron chi connectivity index (χ4n) is 5.04. The highest BCUT2D eigenvalue weighted by Gasteiger charge is 2.60. The normalized spacial score (nSPS) is 36.4. The van der Waals surface area contributed by atoms with E-state index in [0.29, 0.717) is 19.7 Å². The molecule has 3 heterocycles. The van der Waals surface area contributed by atoms with Crippen LogP contribution in [0.3, 0.4) is 0 Å². The molecule has 3 aliphatic heterocycles. The van der Waals surface area contributed by atoms with Crippen LogP contribution in [-0.4, -0.2) is 70.3 Å². The topological polar surface area (TPSA) is 80.6 Å². The number of aliphatic hydroxyl groups is 2. The Hall–Kier alpha value is -1.84. The lowest BCUT2D eigenvalue weighted by Gasteiger charge is -2.35. The molecule has 3 saturated heterocycles. The first-order valence-electron chi connectivity index (χ1n) is 11.2. The zero-order valence-electron chi connectivity index (χ0n) is 18.4. The molecule has 0 saturated carbocycles. The quantitative estimate of drug-likeness (QED) is 0.710. The SMILES string of the molecule is CC1(C)O[C@H]2O[C@H]([C@@H]3[C@@H](O)[C@@H](O)CN3Cc3ccccc3)[C@H](OCc3ccccc3)[C@H]2O1. The van der Waals surface area contributed by atoms with Gasteiger partial charge in [-0.3, -0.25) is 4.90 Å². The van der Waals surface area contributed by atoms with Crippen molar-refractivity contribution < 1.29 is 29.2 Å². The number of ether oxygens (including phenoxy) is 4. The Bertz CT molecular complexity index is 894. The van der Waals surface area contributed by atoms with Crippen LogP contribution in [0.2, 0.25) is 0 Å². The summed E-state index contributed by atoms with van der Waals surface area (Å²) in [6.07, 6.45) is -3.79. The number of nitrogens with zero attached hydrogens (tertiary/aromatic N) is 1. The maximum Gasteiger partial charge on any atom is 0.190 e. The Labute approximate surface area is 188 Å². The second kappa shape index (κ2) is 8.83. The van der Waals surface area contributed by atoms with Crippen LogP contribution in [0.25, 0.3) is 0 Å². The maximum absolute atomic E-state index is 10.9. The molecular formula is C25H31NO6. The number of benzene rings is 2. The number of aliphatic hydroxyl groups excluding tert-OH is 2. The smallest absolute Gasteiger partial charge is 0.190 e. The highest BCUT2D eigenvalue weighted by atomic mass is 16.8. The fourth-order valence-corrected chi connectivity index (χ4v) is 5.04. The lowest BCUT2D eigenvalue weighted by atomic mass is 9.98. The van der Waals surface area contributed by atoms with E-state index < -0.39 is 48.6 Å². The standard InChI is InChI=1S/C25H31NO6/c1-25(2)31-23-22(29-15-17-11-7-4-8-12-17)21(30-24(23)32-25)19-20(28)18(27)14-26(19)13-16-9-5-3-6-10-16/h3-12,18-24,27-28H,13-15H2,1-2H3/t18-,19-,20-,21+,22-,23+,24+/m0/s1. The summed E-state index contributed by atoms with van der Waals surface area (Å²) in [5, 5.41) is 21.4. The van der Waals surface area contributed by atoms with Crippen molar-refractivity contribution in [3.63, 3.8) is 0 Å². The second-order valence-corrected chi connectivity index (χ2v) is 9.29. The minimum Gasteiger partial charge on any atom is -0.389 e. The lowest BCUT2D eigenvalue weighted by molar-refractivity contribution is -0.228. The third kappa shape index (κ3) is 4.34. The maximum atomic E-state index is 10.9. The van der Waals surface area contributed by atoms with Gasteiger partial charge in [-0.05, 0) is 25.0 Å². The van der Waals surface area contributed by atoms with Gasteiger partial charge in [-0.1, -0.05) is 60.7 Å². The van der Waals surface area contributed by atoms with Crippen LogP contribution in [0.5, 0.6) is 0 Å². The summed E-state index contributed by atoms with van der Waals surface area (Å²) in [5.74, 6) is -0.772. The summed E-state index contributed by atoms with van der Waals surface area (Å²) in [7, 11) is 0. The van der Waals surface area contributed by atoms with Crippen molar-refractivity contribution in [2.75, 3.05) is 6.54 Å². The van der Waals surface area contributed by atoms with Crippen LogP contribution in [0, 0.1) is 0 Å². The van der Waals surface area contributed by atoms with Gasteiger partial charge >= 0.3 is 0 Å². The van der Waals surface area contributed by atoms with E-state index in [1.165, 1.54) is 0 Å². The minimum absolute atomic E-state index is 0.356. The zero-order valence-corrected chi connectivity index (χ0v) is 18.4. The third-order valence-electron chi connectivity index (χ3n) is 6.46. The van der Waals surface area contributed by atoms with Crippen molar-refractivity contribution in [1.82, 2.24) is 4.90 Å². The first-order valence-corrected chi connectivity index (χ1v) is 11.2. The van der Waals surface area contributed by atoms with Gasteiger partial charge in [-0.2, -0.15) is 0 Å². The summed E-state index contributed by atoms with van der Waals surface area (Å²) in [6, 6.07) is 19.5. The summed E-state index contributed by atoms with van der Waals surface area (Å²) in [6.45, 7) is 5.05. The lowest BCUT2D eigenvalue weighted by Crippen LogP contribution is -2.52. The molecule has 2 N–H and O–H groups in total. The Morgan fingerprint density at radius 3 is 2.28 bits per heavy atom. The molecule has 172 valence electrons. The van der Waals surface area contributed by atoms with Crippen molar-refractivity contribution in [2.45, 2.75) is 75.6 Å². The summed E-state index contributed by atoms with van der Waals surface area (Å²) >= 11 is 0. The highest BCUT2D eigenvalue weighted by molar-refractivity contribution is 5.17. The molecule has 0 bridgehead atoms. The average Bonchev–Trinajstić information content (AvgIpc) is 3.34. The van der Waals surface area contributed by atoms with Crippen molar-refractivity contribution in [2.24, 2.45) is 0 Å². The van der Waals surface area contributed by atoms with Crippen LogP contribution in [0.1, 0.15) is 25.0 Å². The van der Waals surface area contributed by atoms with Gasteiger partial charge in [-0.15, -0.1) is 0 Å².